The number of anilines is 1. The van der Waals surface area contributed by atoms with E-state index >= 15 is 0 Å². The lowest BCUT2D eigenvalue weighted by molar-refractivity contribution is 0.583. The maximum atomic E-state index is 12.9. The van der Waals surface area contributed by atoms with Crippen molar-refractivity contribution >= 4 is 26.5 Å². The molecule has 0 saturated heterocycles. The molecule has 1 rings (SSSR count). The minimum Gasteiger partial charge on any atom is -0.396 e. The van der Waals surface area contributed by atoms with Gasteiger partial charge < -0.3 is 5.73 Å². The Balaban J connectivity index is 2.74. The SMILES string of the molecule is CCS(=O)CCNS(=O)(=O)c1ccc(F)c(N)c1. The third-order valence-corrected chi connectivity index (χ3v) is 4.98. The number of nitrogens with one attached hydrogen (secondary N) is 1. The molecule has 0 aromatic heterocycles. The lowest BCUT2D eigenvalue weighted by Gasteiger charge is -2.07. The van der Waals surface area contributed by atoms with Gasteiger partial charge in [-0.15, -0.1) is 0 Å². The maximum absolute atomic E-state index is 12.9. The molecule has 18 heavy (non-hydrogen) atoms. The van der Waals surface area contributed by atoms with Gasteiger partial charge in [-0.1, -0.05) is 6.92 Å². The summed E-state index contributed by atoms with van der Waals surface area (Å²) in [6.07, 6.45) is 0. The van der Waals surface area contributed by atoms with Crippen molar-refractivity contribution in [2.45, 2.75) is 11.8 Å². The van der Waals surface area contributed by atoms with E-state index in [9.17, 15) is 17.0 Å². The highest BCUT2D eigenvalue weighted by Crippen LogP contribution is 2.16. The van der Waals surface area contributed by atoms with Crippen LogP contribution < -0.4 is 10.5 Å². The van der Waals surface area contributed by atoms with Gasteiger partial charge in [0.25, 0.3) is 0 Å². The highest BCUT2D eigenvalue weighted by atomic mass is 32.2. The summed E-state index contributed by atoms with van der Waals surface area (Å²) in [5.41, 5.74) is 5.07. The molecule has 5 nitrogen and oxygen atoms in total. The van der Waals surface area contributed by atoms with Crippen LogP contribution in [0, 0.1) is 5.82 Å². The number of halogens is 1. The average Bonchev–Trinajstić information content (AvgIpc) is 2.32. The smallest absolute Gasteiger partial charge is 0.240 e. The van der Waals surface area contributed by atoms with Crippen LogP contribution >= 0.6 is 0 Å². The Morgan fingerprint density at radius 2 is 2.11 bits per heavy atom. The Labute approximate surface area is 108 Å². The lowest BCUT2D eigenvalue weighted by atomic mass is 10.3. The summed E-state index contributed by atoms with van der Waals surface area (Å²) in [5, 5.41) is 0. The maximum Gasteiger partial charge on any atom is 0.240 e. The fourth-order valence-electron chi connectivity index (χ4n) is 1.21. The molecular formula is C10H15FN2O3S2. The number of hydrogen-bond donors (Lipinski definition) is 2. The van der Waals surface area contributed by atoms with Gasteiger partial charge in [0.15, 0.2) is 0 Å². The Bertz CT molecular complexity index is 546. The second-order valence-electron chi connectivity index (χ2n) is 3.51. The quantitative estimate of drug-likeness (QED) is 0.746. The van der Waals surface area contributed by atoms with Crippen LogP contribution in [0.25, 0.3) is 0 Å². The van der Waals surface area contributed by atoms with E-state index < -0.39 is 26.6 Å². The molecule has 0 aliphatic rings. The topological polar surface area (TPSA) is 89.3 Å². The molecule has 0 heterocycles. The van der Waals surface area contributed by atoms with E-state index in [1.165, 1.54) is 0 Å². The summed E-state index contributed by atoms with van der Waals surface area (Å²) in [6.45, 7) is 1.82. The van der Waals surface area contributed by atoms with Crippen molar-refractivity contribution in [3.05, 3.63) is 24.0 Å². The van der Waals surface area contributed by atoms with Crippen LogP contribution in [0.5, 0.6) is 0 Å². The second-order valence-corrected chi connectivity index (χ2v) is 7.15. The van der Waals surface area contributed by atoms with Crippen molar-refractivity contribution in [1.29, 1.82) is 0 Å². The van der Waals surface area contributed by atoms with Crippen LogP contribution in [0.2, 0.25) is 0 Å². The van der Waals surface area contributed by atoms with E-state index in [1.807, 2.05) is 0 Å². The fraction of sp³-hybridized carbons (Fsp3) is 0.400. The van der Waals surface area contributed by atoms with Gasteiger partial charge in [0.05, 0.1) is 10.6 Å². The highest BCUT2D eigenvalue weighted by molar-refractivity contribution is 7.89. The molecule has 0 spiro atoms. The van der Waals surface area contributed by atoms with Crippen LogP contribution in [0.4, 0.5) is 10.1 Å². The van der Waals surface area contributed by atoms with E-state index in [4.69, 9.17) is 5.73 Å². The van der Waals surface area contributed by atoms with E-state index in [-0.39, 0.29) is 22.9 Å². The Kier molecular flexibility index (Phi) is 5.24. The summed E-state index contributed by atoms with van der Waals surface area (Å²) in [5.74, 6) is 0.0542. The van der Waals surface area contributed by atoms with E-state index in [1.54, 1.807) is 6.92 Å². The van der Waals surface area contributed by atoms with Gasteiger partial charge in [-0.3, -0.25) is 4.21 Å². The summed E-state index contributed by atoms with van der Waals surface area (Å²) in [6, 6.07) is 3.17. The van der Waals surface area contributed by atoms with Crippen LogP contribution in [0.3, 0.4) is 0 Å². The molecule has 0 saturated carbocycles. The first-order valence-electron chi connectivity index (χ1n) is 5.26. The first kappa shape index (κ1) is 15.1. The number of hydrogen-bond acceptors (Lipinski definition) is 4. The first-order chi connectivity index (χ1) is 8.36. The Morgan fingerprint density at radius 1 is 1.44 bits per heavy atom. The molecule has 0 radical (unpaired) electrons. The molecule has 0 bridgehead atoms. The van der Waals surface area contributed by atoms with Crippen LogP contribution in [0.15, 0.2) is 23.1 Å². The zero-order valence-electron chi connectivity index (χ0n) is 9.85. The first-order valence-corrected chi connectivity index (χ1v) is 8.23. The molecule has 102 valence electrons. The molecule has 0 amide bonds. The van der Waals surface area contributed by atoms with Gasteiger partial charge >= 0.3 is 0 Å². The molecule has 0 fully saturated rings. The molecule has 0 aliphatic carbocycles. The number of nitrogen functional groups attached to an aromatic ring is 1. The Hall–Kier alpha value is -0.990. The Morgan fingerprint density at radius 3 is 2.67 bits per heavy atom. The molecular weight excluding hydrogens is 279 g/mol. The van der Waals surface area contributed by atoms with Gasteiger partial charge in [0, 0.05) is 28.9 Å². The minimum absolute atomic E-state index is 0.0695. The van der Waals surface area contributed by atoms with Crippen molar-refractivity contribution < 1.29 is 17.0 Å². The number of benzene rings is 1. The van der Waals surface area contributed by atoms with Gasteiger partial charge in [0.2, 0.25) is 10.0 Å². The van der Waals surface area contributed by atoms with Gasteiger partial charge in [-0.2, -0.15) is 0 Å². The molecule has 1 atom stereocenters. The van der Waals surface area contributed by atoms with Crippen molar-refractivity contribution in [2.75, 3.05) is 23.8 Å². The monoisotopic (exact) mass is 294 g/mol. The number of rotatable bonds is 6. The molecule has 3 N–H and O–H groups in total. The molecule has 0 aliphatic heterocycles. The van der Waals surface area contributed by atoms with E-state index in [0.717, 1.165) is 18.2 Å². The summed E-state index contributed by atoms with van der Waals surface area (Å²) < 4.78 is 49.9. The summed E-state index contributed by atoms with van der Waals surface area (Å²) in [7, 11) is -4.77. The highest BCUT2D eigenvalue weighted by Gasteiger charge is 2.15. The predicted molar refractivity (Wildman–Crippen MR) is 69.6 cm³/mol. The lowest BCUT2D eigenvalue weighted by Crippen LogP contribution is -2.28. The van der Waals surface area contributed by atoms with Crippen molar-refractivity contribution in [2.24, 2.45) is 0 Å². The van der Waals surface area contributed by atoms with Crippen LogP contribution in [-0.4, -0.2) is 30.7 Å². The standard InChI is InChI=1S/C10H15FN2O3S2/c1-2-17(14)6-5-13-18(15,16)8-3-4-9(11)10(12)7-8/h3-4,7,13H,2,5-6,12H2,1H3. The van der Waals surface area contributed by atoms with Crippen LogP contribution in [-0.2, 0) is 20.8 Å². The van der Waals surface area contributed by atoms with E-state index in [0.29, 0.717) is 5.75 Å². The van der Waals surface area contributed by atoms with Gasteiger partial charge in [-0.25, -0.2) is 17.5 Å². The fourth-order valence-corrected chi connectivity index (χ4v) is 3.02. The molecule has 1 unspecified atom stereocenters. The normalized spacial score (nSPS) is 13.4. The summed E-state index contributed by atoms with van der Waals surface area (Å²) in [4.78, 5) is -0.108. The largest absolute Gasteiger partial charge is 0.396 e. The average molecular weight is 294 g/mol. The third-order valence-electron chi connectivity index (χ3n) is 2.22. The predicted octanol–water partition coefficient (Wildman–Crippen LogP) is 0.455. The molecule has 8 heteroatoms. The minimum atomic E-state index is -3.73. The zero-order chi connectivity index (χ0) is 13.8. The van der Waals surface area contributed by atoms with E-state index in [2.05, 4.69) is 4.72 Å². The summed E-state index contributed by atoms with van der Waals surface area (Å²) >= 11 is 0. The molecule has 1 aromatic carbocycles. The third kappa shape index (κ3) is 4.04. The van der Waals surface area contributed by atoms with Crippen molar-refractivity contribution in [3.63, 3.8) is 0 Å². The van der Waals surface area contributed by atoms with Gasteiger partial charge in [0.1, 0.15) is 5.82 Å². The zero-order valence-corrected chi connectivity index (χ0v) is 11.5. The van der Waals surface area contributed by atoms with Crippen molar-refractivity contribution in [3.8, 4) is 0 Å². The van der Waals surface area contributed by atoms with Gasteiger partial charge in [-0.05, 0) is 18.2 Å². The number of nitrogens with two attached hydrogens (primary N) is 1. The number of sulfonamides is 1. The van der Waals surface area contributed by atoms with Crippen molar-refractivity contribution in [1.82, 2.24) is 4.72 Å². The van der Waals surface area contributed by atoms with Crippen LogP contribution in [0.1, 0.15) is 6.92 Å². The second kappa shape index (κ2) is 6.26. The molecule has 1 aromatic rings.